The maximum atomic E-state index is 7.55. The van der Waals surface area contributed by atoms with Crippen molar-refractivity contribution in [2.75, 3.05) is 13.1 Å². The molecule has 0 amide bonds. The molecule has 0 saturated heterocycles. The Hall–Kier alpha value is -0.570. The Morgan fingerprint density at radius 3 is 2.41 bits per heavy atom. The first kappa shape index (κ1) is 14.5. The van der Waals surface area contributed by atoms with E-state index in [-0.39, 0.29) is 5.41 Å². The van der Waals surface area contributed by atoms with Gasteiger partial charge in [0, 0.05) is 18.0 Å². The molecule has 100 valence electrons. The topological polar surface area (TPSA) is 53.1 Å². The molecule has 0 radical (unpaired) electrons. The largest absolute Gasteiger partial charge is 0.387 e. The molecule has 1 rings (SSSR count). The van der Waals surface area contributed by atoms with Crippen molar-refractivity contribution in [3.8, 4) is 0 Å². The van der Waals surface area contributed by atoms with Crippen molar-refractivity contribution < 1.29 is 0 Å². The standard InChI is InChI=1S/C14H29N3/c1-11(2)17(10-12-6-7-12)9-5-8-14(3,4)13(15)16/h11-12H,5-10H2,1-4H3,(H3,15,16). The fraction of sp³-hybridized carbons (Fsp3) is 0.929. The molecule has 1 aliphatic carbocycles. The molecule has 1 saturated carbocycles. The Morgan fingerprint density at radius 2 is 2.00 bits per heavy atom. The average molecular weight is 239 g/mol. The van der Waals surface area contributed by atoms with Gasteiger partial charge in [-0.05, 0) is 52.0 Å². The van der Waals surface area contributed by atoms with E-state index >= 15 is 0 Å². The lowest BCUT2D eigenvalue weighted by Gasteiger charge is -2.29. The van der Waals surface area contributed by atoms with Crippen LogP contribution in [-0.2, 0) is 0 Å². The number of rotatable bonds is 8. The second-order valence-corrected chi connectivity index (χ2v) is 6.43. The third-order valence-electron chi connectivity index (χ3n) is 3.90. The fourth-order valence-corrected chi connectivity index (χ4v) is 2.05. The number of nitrogens with two attached hydrogens (primary N) is 1. The van der Waals surface area contributed by atoms with Crippen molar-refractivity contribution in [3.05, 3.63) is 0 Å². The number of hydrogen-bond donors (Lipinski definition) is 2. The lowest BCUT2D eigenvalue weighted by atomic mass is 9.86. The van der Waals surface area contributed by atoms with Crippen LogP contribution in [0.1, 0.15) is 53.4 Å². The van der Waals surface area contributed by atoms with E-state index in [0.717, 1.165) is 25.3 Å². The van der Waals surface area contributed by atoms with E-state index in [2.05, 4.69) is 32.6 Å². The minimum atomic E-state index is -0.137. The minimum Gasteiger partial charge on any atom is -0.387 e. The number of amidine groups is 1. The minimum absolute atomic E-state index is 0.137. The molecule has 0 bridgehead atoms. The summed E-state index contributed by atoms with van der Waals surface area (Å²) >= 11 is 0. The van der Waals surface area contributed by atoms with Gasteiger partial charge in [-0.3, -0.25) is 5.41 Å². The summed E-state index contributed by atoms with van der Waals surface area (Å²) in [6.45, 7) is 11.1. The van der Waals surface area contributed by atoms with E-state index in [1.807, 2.05) is 0 Å². The van der Waals surface area contributed by atoms with E-state index in [0.29, 0.717) is 11.9 Å². The zero-order chi connectivity index (χ0) is 13.1. The first-order valence-corrected chi connectivity index (χ1v) is 6.91. The lowest BCUT2D eigenvalue weighted by molar-refractivity contribution is 0.202. The third-order valence-corrected chi connectivity index (χ3v) is 3.90. The van der Waals surface area contributed by atoms with Crippen LogP contribution in [0.3, 0.4) is 0 Å². The molecule has 0 unspecified atom stereocenters. The Kier molecular flexibility index (Phi) is 4.99. The zero-order valence-corrected chi connectivity index (χ0v) is 11.9. The summed E-state index contributed by atoms with van der Waals surface area (Å²) in [7, 11) is 0. The van der Waals surface area contributed by atoms with Gasteiger partial charge in [0.2, 0.25) is 0 Å². The molecular weight excluding hydrogens is 210 g/mol. The second-order valence-electron chi connectivity index (χ2n) is 6.43. The van der Waals surface area contributed by atoms with Gasteiger partial charge in [0.1, 0.15) is 0 Å². The van der Waals surface area contributed by atoms with Crippen LogP contribution >= 0.6 is 0 Å². The van der Waals surface area contributed by atoms with Crippen LogP contribution in [-0.4, -0.2) is 29.9 Å². The van der Waals surface area contributed by atoms with Crippen LogP contribution in [0.15, 0.2) is 0 Å². The smallest absolute Gasteiger partial charge is 0.0963 e. The molecule has 0 aromatic rings. The maximum Gasteiger partial charge on any atom is 0.0963 e. The van der Waals surface area contributed by atoms with Crippen LogP contribution in [0.2, 0.25) is 0 Å². The van der Waals surface area contributed by atoms with E-state index in [9.17, 15) is 0 Å². The Bertz CT molecular complexity index is 254. The molecule has 17 heavy (non-hydrogen) atoms. The highest BCUT2D eigenvalue weighted by Crippen LogP contribution is 2.30. The van der Waals surface area contributed by atoms with Gasteiger partial charge in [-0.1, -0.05) is 13.8 Å². The van der Waals surface area contributed by atoms with Crippen LogP contribution in [0.4, 0.5) is 0 Å². The molecule has 3 N–H and O–H groups in total. The van der Waals surface area contributed by atoms with Gasteiger partial charge < -0.3 is 10.6 Å². The van der Waals surface area contributed by atoms with Gasteiger partial charge in [0.25, 0.3) is 0 Å². The second kappa shape index (κ2) is 5.85. The van der Waals surface area contributed by atoms with Crippen LogP contribution in [0.5, 0.6) is 0 Å². The molecule has 0 heterocycles. The molecule has 3 heteroatoms. The quantitative estimate of drug-likeness (QED) is 0.505. The van der Waals surface area contributed by atoms with E-state index < -0.39 is 0 Å². The van der Waals surface area contributed by atoms with Crippen molar-refractivity contribution in [2.24, 2.45) is 17.1 Å². The van der Waals surface area contributed by atoms with Crippen LogP contribution < -0.4 is 5.73 Å². The first-order valence-electron chi connectivity index (χ1n) is 6.91. The summed E-state index contributed by atoms with van der Waals surface area (Å²) in [6.07, 6.45) is 4.98. The summed E-state index contributed by atoms with van der Waals surface area (Å²) in [4.78, 5) is 2.58. The SMILES string of the molecule is CC(C)N(CCCC(C)(C)C(=N)N)CC1CC1. The molecule has 1 fully saturated rings. The molecule has 1 aliphatic rings. The van der Waals surface area contributed by atoms with Crippen molar-refractivity contribution in [2.45, 2.75) is 59.4 Å². The first-order chi connectivity index (χ1) is 7.83. The molecule has 0 atom stereocenters. The Balaban J connectivity index is 2.28. The van der Waals surface area contributed by atoms with Crippen molar-refractivity contribution in [1.29, 1.82) is 5.41 Å². The highest BCUT2D eigenvalue weighted by Gasteiger charge is 2.26. The molecule has 3 nitrogen and oxygen atoms in total. The summed E-state index contributed by atoms with van der Waals surface area (Å²) in [5.74, 6) is 1.27. The summed E-state index contributed by atoms with van der Waals surface area (Å²) in [5.41, 5.74) is 5.47. The zero-order valence-electron chi connectivity index (χ0n) is 11.9. The summed E-state index contributed by atoms with van der Waals surface area (Å²) < 4.78 is 0. The highest BCUT2D eigenvalue weighted by atomic mass is 15.1. The normalized spacial score (nSPS) is 16.8. The van der Waals surface area contributed by atoms with Crippen LogP contribution in [0, 0.1) is 16.7 Å². The van der Waals surface area contributed by atoms with E-state index in [1.165, 1.54) is 19.4 Å². The van der Waals surface area contributed by atoms with Gasteiger partial charge >= 0.3 is 0 Å². The highest BCUT2D eigenvalue weighted by molar-refractivity contribution is 5.82. The number of nitrogens with one attached hydrogen (secondary N) is 1. The van der Waals surface area contributed by atoms with Gasteiger partial charge in [-0.25, -0.2) is 0 Å². The Morgan fingerprint density at radius 1 is 1.41 bits per heavy atom. The summed E-state index contributed by atoms with van der Waals surface area (Å²) in [5, 5.41) is 7.55. The molecule has 0 aliphatic heterocycles. The van der Waals surface area contributed by atoms with Gasteiger partial charge in [-0.2, -0.15) is 0 Å². The van der Waals surface area contributed by atoms with Crippen LogP contribution in [0.25, 0.3) is 0 Å². The fourth-order valence-electron chi connectivity index (χ4n) is 2.05. The predicted molar refractivity (Wildman–Crippen MR) is 74.4 cm³/mol. The molecular formula is C14H29N3. The monoisotopic (exact) mass is 239 g/mol. The van der Waals surface area contributed by atoms with Gasteiger partial charge in [0.05, 0.1) is 5.84 Å². The predicted octanol–water partition coefficient (Wildman–Crippen LogP) is 2.85. The molecule has 0 spiro atoms. The Labute approximate surface area is 106 Å². The van der Waals surface area contributed by atoms with Crippen molar-refractivity contribution >= 4 is 5.84 Å². The number of hydrogen-bond acceptors (Lipinski definition) is 2. The molecule has 0 aromatic heterocycles. The average Bonchev–Trinajstić information content (AvgIpc) is 2.99. The number of nitrogens with zero attached hydrogens (tertiary/aromatic N) is 1. The van der Waals surface area contributed by atoms with E-state index in [4.69, 9.17) is 11.1 Å². The van der Waals surface area contributed by atoms with Crippen molar-refractivity contribution in [3.63, 3.8) is 0 Å². The molecule has 0 aromatic carbocycles. The van der Waals surface area contributed by atoms with Gasteiger partial charge in [0.15, 0.2) is 0 Å². The van der Waals surface area contributed by atoms with Gasteiger partial charge in [-0.15, -0.1) is 0 Å². The lowest BCUT2D eigenvalue weighted by Crippen LogP contribution is -2.36. The third kappa shape index (κ3) is 5.07. The maximum absolute atomic E-state index is 7.55. The summed E-state index contributed by atoms with van der Waals surface area (Å²) in [6, 6.07) is 0.635. The van der Waals surface area contributed by atoms with Crippen molar-refractivity contribution in [1.82, 2.24) is 4.90 Å². The van der Waals surface area contributed by atoms with E-state index in [1.54, 1.807) is 0 Å².